The minimum Gasteiger partial charge on any atom is -0.292 e. The van der Waals surface area contributed by atoms with Gasteiger partial charge in [-0.1, -0.05) is 42.8 Å². The first-order valence-corrected chi connectivity index (χ1v) is 8.10. The first kappa shape index (κ1) is 17.3. The van der Waals surface area contributed by atoms with Gasteiger partial charge in [-0.25, -0.2) is 9.79 Å². The van der Waals surface area contributed by atoms with Gasteiger partial charge < -0.3 is 0 Å². The van der Waals surface area contributed by atoms with Crippen LogP contribution in [-0.2, 0) is 0 Å². The van der Waals surface area contributed by atoms with E-state index >= 15 is 0 Å². The number of amidine groups is 1. The van der Waals surface area contributed by atoms with E-state index < -0.39 is 0 Å². The third-order valence-corrected chi connectivity index (χ3v) is 4.00. The number of halogens is 1. The van der Waals surface area contributed by atoms with Crippen LogP contribution in [-0.4, -0.2) is 18.4 Å². The number of para-hydroxylation sites is 1. The zero-order valence-corrected chi connectivity index (χ0v) is 14.7. The maximum Gasteiger partial charge on any atom is 0.327 e. The van der Waals surface area contributed by atoms with E-state index in [1.165, 1.54) is 0 Å². The summed E-state index contributed by atoms with van der Waals surface area (Å²) in [5.41, 5.74) is 3.56. The molecule has 0 spiro atoms. The molecule has 2 amide bonds. The topological polar surface area (TPSA) is 44.7 Å². The molecule has 5 heteroatoms. The molecule has 1 aromatic rings. The van der Waals surface area contributed by atoms with Crippen molar-refractivity contribution in [3.05, 3.63) is 52.2 Å². The second kappa shape index (κ2) is 7.47. The molecule has 2 rings (SSSR count). The summed E-state index contributed by atoms with van der Waals surface area (Å²) in [7, 11) is 0. The highest BCUT2D eigenvalue weighted by molar-refractivity contribution is 6.34. The lowest BCUT2D eigenvalue weighted by atomic mass is 10.1. The molecule has 0 saturated carbocycles. The number of benzene rings is 1. The fourth-order valence-electron chi connectivity index (χ4n) is 2.56. The minimum atomic E-state index is -0.213. The van der Waals surface area contributed by atoms with Crippen molar-refractivity contribution < 1.29 is 4.79 Å². The Morgan fingerprint density at radius 2 is 2.22 bits per heavy atom. The molecule has 122 valence electrons. The quantitative estimate of drug-likeness (QED) is 0.846. The molecule has 0 unspecified atom stereocenters. The lowest BCUT2D eigenvalue weighted by molar-refractivity contribution is 0.250. The second-order valence-electron chi connectivity index (χ2n) is 5.45. The van der Waals surface area contributed by atoms with Crippen LogP contribution in [0.25, 0.3) is 0 Å². The molecular formula is C18H22ClN3O. The van der Waals surface area contributed by atoms with Crippen LogP contribution in [0.1, 0.15) is 32.8 Å². The number of carbonyl (C=O) groups excluding carboxylic acids is 1. The Morgan fingerprint density at radius 3 is 2.83 bits per heavy atom. The van der Waals surface area contributed by atoms with Gasteiger partial charge in [0.05, 0.1) is 17.3 Å². The molecule has 1 N–H and O–H groups in total. The molecule has 0 radical (unpaired) electrons. The van der Waals surface area contributed by atoms with Crippen molar-refractivity contribution in [2.75, 3.05) is 11.4 Å². The summed E-state index contributed by atoms with van der Waals surface area (Å²) in [6.07, 6.45) is 4.90. The average molecular weight is 332 g/mol. The Balaban J connectivity index is 2.37. The van der Waals surface area contributed by atoms with Gasteiger partial charge in [0.15, 0.2) is 0 Å². The zero-order valence-electron chi connectivity index (χ0n) is 14.0. The molecule has 1 saturated heterocycles. The number of hydrogen-bond donors (Lipinski definition) is 1. The van der Waals surface area contributed by atoms with Gasteiger partial charge in [0, 0.05) is 11.3 Å². The largest absolute Gasteiger partial charge is 0.327 e. The van der Waals surface area contributed by atoms with Crippen LogP contribution in [0, 0.1) is 6.92 Å². The Kier molecular flexibility index (Phi) is 5.61. The number of carbonyl (C=O) groups is 1. The number of urea groups is 1. The van der Waals surface area contributed by atoms with Gasteiger partial charge in [-0.2, -0.15) is 0 Å². The van der Waals surface area contributed by atoms with Crippen LogP contribution in [0.15, 0.2) is 46.6 Å². The highest BCUT2D eigenvalue weighted by atomic mass is 35.5. The number of nitrogens with one attached hydrogen (secondary N) is 1. The van der Waals surface area contributed by atoms with Crippen LogP contribution in [0.5, 0.6) is 0 Å². The summed E-state index contributed by atoms with van der Waals surface area (Å²) in [5.74, 6) is 0.612. The lowest BCUT2D eigenvalue weighted by Crippen LogP contribution is -2.51. The van der Waals surface area contributed by atoms with Crippen LogP contribution in [0.4, 0.5) is 10.5 Å². The van der Waals surface area contributed by atoms with E-state index in [0.717, 1.165) is 28.9 Å². The number of aliphatic imine (C=N–C) groups is 1. The van der Waals surface area contributed by atoms with Gasteiger partial charge in [0.25, 0.3) is 0 Å². The van der Waals surface area contributed by atoms with E-state index in [-0.39, 0.29) is 6.03 Å². The molecule has 1 aliphatic rings. The maximum absolute atomic E-state index is 12.5. The number of nitrogens with zero attached hydrogens (tertiary/aromatic N) is 2. The minimum absolute atomic E-state index is 0.213. The van der Waals surface area contributed by atoms with Crippen LogP contribution in [0.2, 0.25) is 5.02 Å². The van der Waals surface area contributed by atoms with Crippen molar-refractivity contribution in [1.82, 2.24) is 5.32 Å². The Labute approximate surface area is 142 Å². The molecule has 0 aliphatic carbocycles. The number of aryl methyl sites for hydroxylation is 1. The molecule has 0 bridgehead atoms. The number of allylic oxidation sites excluding steroid dienone is 3. The van der Waals surface area contributed by atoms with Crippen LogP contribution < -0.4 is 10.2 Å². The molecule has 1 aliphatic heterocycles. The van der Waals surface area contributed by atoms with Crippen molar-refractivity contribution in [3.8, 4) is 0 Å². The van der Waals surface area contributed by atoms with Crippen molar-refractivity contribution in [3.63, 3.8) is 0 Å². The number of amides is 2. The molecule has 4 nitrogen and oxygen atoms in total. The summed E-state index contributed by atoms with van der Waals surface area (Å²) in [6.45, 7) is 8.33. The summed E-state index contributed by atoms with van der Waals surface area (Å²) in [6, 6.07) is 5.41. The highest BCUT2D eigenvalue weighted by Gasteiger charge is 2.28. The molecule has 23 heavy (non-hydrogen) atoms. The third kappa shape index (κ3) is 3.82. The first-order chi connectivity index (χ1) is 11.0. The summed E-state index contributed by atoms with van der Waals surface area (Å²) in [5, 5.41) is 3.45. The third-order valence-electron chi connectivity index (χ3n) is 3.70. The zero-order chi connectivity index (χ0) is 17.0. The van der Waals surface area contributed by atoms with Gasteiger partial charge in [-0.3, -0.25) is 10.2 Å². The fraction of sp³-hybridized carbons (Fsp3) is 0.333. The highest BCUT2D eigenvalue weighted by Crippen LogP contribution is 2.31. The van der Waals surface area contributed by atoms with Crippen molar-refractivity contribution in [1.29, 1.82) is 0 Å². The maximum atomic E-state index is 12.5. The molecule has 1 fully saturated rings. The van der Waals surface area contributed by atoms with Gasteiger partial charge in [0.2, 0.25) is 0 Å². The van der Waals surface area contributed by atoms with Gasteiger partial charge in [0.1, 0.15) is 5.84 Å². The van der Waals surface area contributed by atoms with Crippen molar-refractivity contribution in [2.24, 2.45) is 4.99 Å². The van der Waals surface area contributed by atoms with E-state index in [2.05, 4.69) is 17.2 Å². The Hall–Kier alpha value is -2.07. The number of anilines is 1. The molecule has 0 atom stereocenters. The van der Waals surface area contributed by atoms with E-state index in [9.17, 15) is 4.79 Å². The number of rotatable bonds is 3. The van der Waals surface area contributed by atoms with Gasteiger partial charge >= 0.3 is 6.03 Å². The first-order valence-electron chi connectivity index (χ1n) is 7.72. The SMILES string of the molecule is C/C=C1/CN(c2c(C)cccc2Cl)C(=O)N/C1=N\C(C)=C\CC. The lowest BCUT2D eigenvalue weighted by Gasteiger charge is -2.32. The van der Waals surface area contributed by atoms with Gasteiger partial charge in [-0.05, 0) is 38.8 Å². The van der Waals surface area contributed by atoms with E-state index in [1.54, 1.807) is 11.0 Å². The smallest absolute Gasteiger partial charge is 0.292 e. The Bertz CT molecular complexity index is 684. The summed E-state index contributed by atoms with van der Waals surface area (Å²) in [4.78, 5) is 18.7. The second-order valence-corrected chi connectivity index (χ2v) is 5.86. The predicted molar refractivity (Wildman–Crippen MR) is 97.3 cm³/mol. The van der Waals surface area contributed by atoms with Crippen molar-refractivity contribution in [2.45, 2.75) is 34.1 Å². The molecular weight excluding hydrogens is 310 g/mol. The molecule has 1 heterocycles. The van der Waals surface area contributed by atoms with Crippen LogP contribution in [0.3, 0.4) is 0 Å². The fourth-order valence-corrected chi connectivity index (χ4v) is 2.88. The normalized spacial score (nSPS) is 19.4. The summed E-state index contributed by atoms with van der Waals surface area (Å²) >= 11 is 6.30. The Morgan fingerprint density at radius 1 is 1.48 bits per heavy atom. The van der Waals surface area contributed by atoms with Gasteiger partial charge in [-0.15, -0.1) is 0 Å². The summed E-state index contributed by atoms with van der Waals surface area (Å²) < 4.78 is 0. The number of hydrogen-bond acceptors (Lipinski definition) is 2. The van der Waals surface area contributed by atoms with E-state index in [4.69, 9.17) is 11.6 Å². The van der Waals surface area contributed by atoms with Crippen LogP contribution >= 0.6 is 11.6 Å². The molecule has 1 aromatic carbocycles. The standard InChI is InChI=1S/C18H22ClN3O/c1-5-8-13(4)20-17-14(6-2)11-22(18(23)21-17)16-12(3)9-7-10-15(16)19/h6-10H,5,11H2,1-4H3,(H,20,21,23)/b13-8+,14-6-. The van der Waals surface area contributed by atoms with Crippen molar-refractivity contribution >= 4 is 29.2 Å². The predicted octanol–water partition coefficient (Wildman–Crippen LogP) is 4.84. The monoisotopic (exact) mass is 331 g/mol. The van der Waals surface area contributed by atoms with E-state index in [1.807, 2.05) is 45.1 Å². The van der Waals surface area contributed by atoms with E-state index in [0.29, 0.717) is 17.4 Å². The molecule has 0 aromatic heterocycles. The average Bonchev–Trinajstić information content (AvgIpc) is 2.49.